The fourth-order valence-corrected chi connectivity index (χ4v) is 1.94. The monoisotopic (exact) mass is 357 g/mol. The molecule has 7 heteroatoms. The van der Waals surface area contributed by atoms with Gasteiger partial charge in [0.05, 0.1) is 20.4 Å². The zero-order valence-corrected chi connectivity index (χ0v) is 11.5. The zero-order chi connectivity index (χ0) is 13.3. The van der Waals surface area contributed by atoms with Crippen molar-refractivity contribution >= 4 is 34.1 Å². The molecule has 1 aromatic carbocycles. The van der Waals surface area contributed by atoms with Gasteiger partial charge in [0.25, 0.3) is 5.69 Å². The molecule has 0 unspecified atom stereocenters. The van der Waals surface area contributed by atoms with E-state index in [1.165, 1.54) is 29.8 Å². The van der Waals surface area contributed by atoms with E-state index in [9.17, 15) is 14.9 Å². The third-order valence-corrected chi connectivity index (χ3v) is 2.93. The molecule has 0 N–H and O–H groups in total. The van der Waals surface area contributed by atoms with Gasteiger partial charge in [-0.1, -0.05) is 0 Å². The summed E-state index contributed by atoms with van der Waals surface area (Å²) in [7, 11) is 0. The molecule has 18 heavy (non-hydrogen) atoms. The van der Waals surface area contributed by atoms with Crippen LogP contribution in [0.4, 0.5) is 5.69 Å². The van der Waals surface area contributed by atoms with E-state index in [0.29, 0.717) is 5.69 Å². The van der Waals surface area contributed by atoms with E-state index in [0.717, 1.165) is 3.57 Å². The second-order valence-electron chi connectivity index (χ2n) is 3.62. The van der Waals surface area contributed by atoms with Crippen molar-refractivity contribution in [3.05, 3.63) is 49.8 Å². The van der Waals surface area contributed by atoms with E-state index in [4.69, 9.17) is 0 Å². The van der Waals surface area contributed by atoms with E-state index >= 15 is 0 Å². The summed E-state index contributed by atoms with van der Waals surface area (Å²) in [6.07, 6.45) is 3.39. The Morgan fingerprint density at radius 3 is 2.72 bits per heavy atom. The van der Waals surface area contributed by atoms with Crippen LogP contribution in [0.25, 0.3) is 5.69 Å². The molecule has 0 spiro atoms. The van der Waals surface area contributed by atoms with Crippen LogP contribution in [-0.2, 0) is 0 Å². The molecule has 0 saturated heterocycles. The van der Waals surface area contributed by atoms with Crippen LogP contribution in [0.1, 0.15) is 17.3 Å². The number of ketones is 1. The molecule has 0 saturated carbocycles. The SMILES string of the molecule is CC(=O)c1cc([N+](=O)[O-])ccc1-n1cc(I)cn1. The largest absolute Gasteiger partial charge is 0.294 e. The Morgan fingerprint density at radius 1 is 1.50 bits per heavy atom. The summed E-state index contributed by atoms with van der Waals surface area (Å²) in [5.74, 6) is -0.237. The Bertz CT molecular complexity index is 636. The highest BCUT2D eigenvalue weighted by molar-refractivity contribution is 14.1. The van der Waals surface area contributed by atoms with Crippen LogP contribution in [0, 0.1) is 13.7 Å². The molecule has 1 heterocycles. The van der Waals surface area contributed by atoms with Crippen molar-refractivity contribution < 1.29 is 9.72 Å². The Hall–Kier alpha value is -1.77. The Labute approximate surface area is 116 Å². The number of non-ortho nitro benzene ring substituents is 1. The molecule has 0 amide bonds. The van der Waals surface area contributed by atoms with Gasteiger partial charge in [-0.05, 0) is 35.6 Å². The minimum Gasteiger partial charge on any atom is -0.294 e. The Kier molecular flexibility index (Phi) is 3.41. The second-order valence-corrected chi connectivity index (χ2v) is 4.86. The van der Waals surface area contributed by atoms with Crippen molar-refractivity contribution in [3.8, 4) is 5.69 Å². The summed E-state index contributed by atoms with van der Waals surface area (Å²) in [5, 5.41) is 14.8. The lowest BCUT2D eigenvalue weighted by molar-refractivity contribution is -0.384. The second kappa shape index (κ2) is 4.84. The van der Waals surface area contributed by atoms with Gasteiger partial charge >= 0.3 is 0 Å². The quantitative estimate of drug-likeness (QED) is 0.366. The van der Waals surface area contributed by atoms with Crippen molar-refractivity contribution in [1.29, 1.82) is 0 Å². The smallest absolute Gasteiger partial charge is 0.270 e. The number of carbonyl (C=O) groups excluding carboxylic acids is 1. The molecule has 0 aliphatic rings. The van der Waals surface area contributed by atoms with Gasteiger partial charge in [-0.2, -0.15) is 5.10 Å². The van der Waals surface area contributed by atoms with Crippen LogP contribution in [0.15, 0.2) is 30.6 Å². The van der Waals surface area contributed by atoms with E-state index in [1.54, 1.807) is 12.4 Å². The lowest BCUT2D eigenvalue weighted by atomic mass is 10.1. The minimum absolute atomic E-state index is 0.106. The highest BCUT2D eigenvalue weighted by atomic mass is 127. The third-order valence-electron chi connectivity index (χ3n) is 2.37. The van der Waals surface area contributed by atoms with Crippen molar-refractivity contribution in [1.82, 2.24) is 9.78 Å². The lowest BCUT2D eigenvalue weighted by Crippen LogP contribution is -2.05. The molecule has 0 atom stereocenters. The summed E-state index contributed by atoms with van der Waals surface area (Å²) in [4.78, 5) is 21.7. The summed E-state index contributed by atoms with van der Waals surface area (Å²) in [5.41, 5.74) is 0.713. The molecular formula is C11H8IN3O3. The molecule has 0 bridgehead atoms. The van der Waals surface area contributed by atoms with E-state index in [1.807, 2.05) is 0 Å². The van der Waals surface area contributed by atoms with E-state index in [2.05, 4.69) is 27.7 Å². The first kappa shape index (κ1) is 12.7. The van der Waals surface area contributed by atoms with E-state index in [-0.39, 0.29) is 17.0 Å². The molecule has 0 fully saturated rings. The molecule has 2 rings (SSSR count). The molecular weight excluding hydrogens is 349 g/mol. The molecule has 0 aliphatic heterocycles. The number of rotatable bonds is 3. The fourth-order valence-electron chi connectivity index (χ4n) is 1.55. The highest BCUT2D eigenvalue weighted by Crippen LogP contribution is 2.21. The van der Waals surface area contributed by atoms with Gasteiger partial charge in [0.15, 0.2) is 5.78 Å². The van der Waals surface area contributed by atoms with Crippen LogP contribution in [0.3, 0.4) is 0 Å². The van der Waals surface area contributed by atoms with Crippen LogP contribution < -0.4 is 0 Å². The standard InChI is InChI=1S/C11H8IN3O3/c1-7(16)10-4-9(15(17)18)2-3-11(10)14-6-8(12)5-13-14/h2-6H,1H3. The van der Waals surface area contributed by atoms with Gasteiger partial charge in [0.1, 0.15) is 0 Å². The first-order chi connectivity index (χ1) is 8.49. The maximum Gasteiger partial charge on any atom is 0.270 e. The fraction of sp³-hybridized carbons (Fsp3) is 0.0909. The van der Waals surface area contributed by atoms with Gasteiger partial charge in [0.2, 0.25) is 0 Å². The molecule has 0 radical (unpaired) electrons. The number of benzene rings is 1. The van der Waals surface area contributed by atoms with Crippen LogP contribution in [-0.4, -0.2) is 20.5 Å². The van der Waals surface area contributed by atoms with Gasteiger partial charge in [-0.3, -0.25) is 14.9 Å². The van der Waals surface area contributed by atoms with E-state index < -0.39 is 4.92 Å². The van der Waals surface area contributed by atoms with Crippen LogP contribution >= 0.6 is 22.6 Å². The number of halogens is 1. The zero-order valence-electron chi connectivity index (χ0n) is 9.33. The van der Waals surface area contributed by atoms with Gasteiger partial charge < -0.3 is 0 Å². The van der Waals surface area contributed by atoms with Crippen LogP contribution in [0.5, 0.6) is 0 Å². The van der Waals surface area contributed by atoms with Gasteiger partial charge in [0, 0.05) is 23.9 Å². The third kappa shape index (κ3) is 2.40. The first-order valence-electron chi connectivity index (χ1n) is 4.99. The van der Waals surface area contributed by atoms with Crippen molar-refractivity contribution in [2.45, 2.75) is 6.92 Å². The lowest BCUT2D eigenvalue weighted by Gasteiger charge is -2.06. The van der Waals surface area contributed by atoms with Crippen molar-refractivity contribution in [2.75, 3.05) is 0 Å². The number of Topliss-reactive ketones (excluding diaryl/α,β-unsaturated/α-hetero) is 1. The number of nitrogens with zero attached hydrogens (tertiary/aromatic N) is 3. The molecule has 1 aromatic heterocycles. The van der Waals surface area contributed by atoms with Crippen LogP contribution in [0.2, 0.25) is 0 Å². The van der Waals surface area contributed by atoms with Crippen molar-refractivity contribution in [3.63, 3.8) is 0 Å². The molecule has 2 aromatic rings. The predicted molar refractivity (Wildman–Crippen MR) is 72.9 cm³/mol. The number of nitro groups is 1. The molecule has 6 nitrogen and oxygen atoms in total. The summed E-state index contributed by atoms with van der Waals surface area (Å²) in [6.45, 7) is 1.37. The maximum atomic E-state index is 11.6. The van der Waals surface area contributed by atoms with Gasteiger partial charge in [-0.25, -0.2) is 4.68 Å². The number of hydrogen-bond donors (Lipinski definition) is 0. The number of nitro benzene ring substituents is 1. The normalized spacial score (nSPS) is 10.3. The number of carbonyl (C=O) groups is 1. The number of aromatic nitrogens is 2. The Balaban J connectivity index is 2.60. The van der Waals surface area contributed by atoms with Gasteiger partial charge in [-0.15, -0.1) is 0 Å². The maximum absolute atomic E-state index is 11.6. The summed E-state index contributed by atoms with van der Waals surface area (Å²) >= 11 is 2.10. The predicted octanol–water partition coefficient (Wildman–Crippen LogP) is 2.59. The average Bonchev–Trinajstić information content (AvgIpc) is 2.74. The summed E-state index contributed by atoms with van der Waals surface area (Å²) < 4.78 is 2.45. The highest BCUT2D eigenvalue weighted by Gasteiger charge is 2.15. The first-order valence-corrected chi connectivity index (χ1v) is 6.07. The topological polar surface area (TPSA) is 78.0 Å². The average molecular weight is 357 g/mol. The Morgan fingerprint density at radius 2 is 2.22 bits per heavy atom. The minimum atomic E-state index is -0.525. The molecule has 0 aliphatic carbocycles. The van der Waals surface area contributed by atoms with Crippen molar-refractivity contribution in [2.24, 2.45) is 0 Å². The molecule has 92 valence electrons. The number of hydrogen-bond acceptors (Lipinski definition) is 4. The summed E-state index contributed by atoms with van der Waals surface area (Å²) in [6, 6.07) is 4.15.